The Morgan fingerprint density at radius 2 is 1.95 bits per heavy atom. The van der Waals surface area contributed by atoms with E-state index in [-0.39, 0.29) is 10.7 Å². The number of nitrogens with zero attached hydrogens (tertiary/aromatic N) is 1. The van der Waals surface area contributed by atoms with E-state index in [0.29, 0.717) is 10.3 Å². The molecule has 1 heterocycles. The summed E-state index contributed by atoms with van der Waals surface area (Å²) in [6.07, 6.45) is -2.89. The van der Waals surface area contributed by atoms with Crippen LogP contribution in [0.5, 0.6) is 0 Å². The van der Waals surface area contributed by atoms with Crippen LogP contribution in [0.2, 0.25) is 5.02 Å². The number of anilines is 2. The maximum atomic E-state index is 12.6. The van der Waals surface area contributed by atoms with Crippen molar-refractivity contribution in [3.05, 3.63) is 51.6 Å². The second-order valence-corrected chi connectivity index (χ2v) is 4.91. The van der Waals surface area contributed by atoms with Gasteiger partial charge >= 0.3 is 6.18 Å². The van der Waals surface area contributed by atoms with E-state index in [1.54, 1.807) is 12.1 Å². The Morgan fingerprint density at radius 3 is 2.58 bits per heavy atom. The second-order valence-electron chi connectivity index (χ2n) is 3.65. The fourth-order valence-corrected chi connectivity index (χ4v) is 1.92. The molecule has 0 aliphatic carbocycles. The standard InChI is InChI=1S/C12H7BrClF3N2/c13-8-2-1-5-18-11(8)19-10-6-7(12(15,16)17)3-4-9(10)14/h1-6H,(H,18,19). The van der Waals surface area contributed by atoms with Gasteiger partial charge in [0.2, 0.25) is 0 Å². The molecule has 2 aromatic rings. The normalized spacial score (nSPS) is 11.4. The van der Waals surface area contributed by atoms with E-state index < -0.39 is 11.7 Å². The number of aromatic nitrogens is 1. The molecular formula is C12H7BrClF3N2. The lowest BCUT2D eigenvalue weighted by molar-refractivity contribution is -0.137. The van der Waals surface area contributed by atoms with E-state index in [2.05, 4.69) is 26.2 Å². The first kappa shape index (κ1) is 14.1. The van der Waals surface area contributed by atoms with Gasteiger partial charge in [-0.2, -0.15) is 13.2 Å². The molecule has 0 spiro atoms. The van der Waals surface area contributed by atoms with E-state index in [4.69, 9.17) is 11.6 Å². The third kappa shape index (κ3) is 3.39. The van der Waals surface area contributed by atoms with Crippen molar-refractivity contribution < 1.29 is 13.2 Å². The minimum atomic E-state index is -4.41. The fourth-order valence-electron chi connectivity index (χ4n) is 1.40. The highest BCUT2D eigenvalue weighted by molar-refractivity contribution is 9.10. The van der Waals surface area contributed by atoms with Gasteiger partial charge in [0.05, 0.1) is 20.7 Å². The van der Waals surface area contributed by atoms with Gasteiger partial charge < -0.3 is 5.32 Å². The molecule has 0 saturated heterocycles. The summed E-state index contributed by atoms with van der Waals surface area (Å²) in [7, 11) is 0. The van der Waals surface area contributed by atoms with Crippen molar-refractivity contribution in [2.24, 2.45) is 0 Å². The lowest BCUT2D eigenvalue weighted by atomic mass is 10.2. The minimum Gasteiger partial charge on any atom is -0.338 e. The molecule has 2 nitrogen and oxygen atoms in total. The minimum absolute atomic E-state index is 0.149. The zero-order valence-corrected chi connectivity index (χ0v) is 11.6. The largest absolute Gasteiger partial charge is 0.416 e. The molecule has 2 rings (SSSR count). The van der Waals surface area contributed by atoms with Gasteiger partial charge in [0, 0.05) is 6.20 Å². The van der Waals surface area contributed by atoms with Crippen LogP contribution in [0.4, 0.5) is 24.7 Å². The van der Waals surface area contributed by atoms with Gasteiger partial charge in [-0.3, -0.25) is 0 Å². The molecular weight excluding hydrogens is 344 g/mol. The summed E-state index contributed by atoms with van der Waals surface area (Å²) < 4.78 is 38.5. The van der Waals surface area contributed by atoms with Crippen LogP contribution in [-0.2, 0) is 6.18 Å². The quantitative estimate of drug-likeness (QED) is 0.798. The molecule has 7 heteroatoms. The Bertz CT molecular complexity index is 602. The summed E-state index contributed by atoms with van der Waals surface area (Å²) in [5.74, 6) is 0.392. The molecule has 19 heavy (non-hydrogen) atoms. The first-order valence-corrected chi connectivity index (χ1v) is 6.29. The van der Waals surface area contributed by atoms with Crippen molar-refractivity contribution >= 4 is 39.0 Å². The lowest BCUT2D eigenvalue weighted by Crippen LogP contribution is -2.06. The number of halogens is 5. The van der Waals surface area contributed by atoms with Crippen molar-refractivity contribution in [2.75, 3.05) is 5.32 Å². The highest BCUT2D eigenvalue weighted by atomic mass is 79.9. The van der Waals surface area contributed by atoms with Crippen LogP contribution in [0.1, 0.15) is 5.56 Å². The summed E-state index contributed by atoms with van der Waals surface area (Å²) in [5.41, 5.74) is -0.623. The Balaban J connectivity index is 2.38. The van der Waals surface area contributed by atoms with Crippen molar-refractivity contribution in [1.82, 2.24) is 4.98 Å². The Kier molecular flexibility index (Phi) is 4.01. The third-order valence-electron chi connectivity index (χ3n) is 2.31. The number of nitrogens with one attached hydrogen (secondary N) is 1. The van der Waals surface area contributed by atoms with Gasteiger partial charge in [-0.05, 0) is 46.3 Å². The highest BCUT2D eigenvalue weighted by Gasteiger charge is 2.31. The van der Waals surface area contributed by atoms with Crippen LogP contribution < -0.4 is 5.32 Å². The zero-order valence-electron chi connectivity index (χ0n) is 9.30. The molecule has 1 N–H and O–H groups in total. The molecule has 0 fully saturated rings. The van der Waals surface area contributed by atoms with E-state index in [1.165, 1.54) is 12.3 Å². The van der Waals surface area contributed by atoms with Crippen molar-refractivity contribution in [3.63, 3.8) is 0 Å². The van der Waals surface area contributed by atoms with Crippen molar-refractivity contribution in [3.8, 4) is 0 Å². The topological polar surface area (TPSA) is 24.9 Å². The van der Waals surface area contributed by atoms with Gasteiger partial charge in [0.25, 0.3) is 0 Å². The van der Waals surface area contributed by atoms with Gasteiger partial charge in [0.15, 0.2) is 0 Å². The SMILES string of the molecule is FC(F)(F)c1ccc(Cl)c(Nc2ncccc2Br)c1. The second kappa shape index (κ2) is 5.38. The number of hydrogen-bond donors (Lipinski definition) is 1. The number of benzene rings is 1. The molecule has 0 aliphatic rings. The molecule has 1 aromatic heterocycles. The van der Waals surface area contributed by atoms with E-state index in [9.17, 15) is 13.2 Å². The molecule has 0 unspecified atom stereocenters. The summed E-state index contributed by atoms with van der Waals surface area (Å²) in [4.78, 5) is 4.01. The molecule has 0 atom stereocenters. The first-order chi connectivity index (χ1) is 8.88. The van der Waals surface area contributed by atoms with Gasteiger partial charge in [-0.1, -0.05) is 11.6 Å². The van der Waals surface area contributed by atoms with E-state index in [0.717, 1.165) is 12.1 Å². The number of hydrogen-bond acceptors (Lipinski definition) is 2. The van der Waals surface area contributed by atoms with Crippen LogP contribution >= 0.6 is 27.5 Å². The fraction of sp³-hybridized carbons (Fsp3) is 0.0833. The maximum absolute atomic E-state index is 12.6. The monoisotopic (exact) mass is 350 g/mol. The predicted molar refractivity (Wildman–Crippen MR) is 71.7 cm³/mol. The molecule has 0 radical (unpaired) electrons. The Labute approximate surface area is 120 Å². The van der Waals surface area contributed by atoms with E-state index >= 15 is 0 Å². The average molecular weight is 352 g/mol. The Morgan fingerprint density at radius 1 is 1.21 bits per heavy atom. The van der Waals surface area contributed by atoms with Gasteiger partial charge in [-0.15, -0.1) is 0 Å². The Hall–Kier alpha value is -1.27. The molecule has 100 valence electrons. The third-order valence-corrected chi connectivity index (χ3v) is 3.27. The van der Waals surface area contributed by atoms with Crippen LogP contribution in [-0.4, -0.2) is 4.98 Å². The first-order valence-electron chi connectivity index (χ1n) is 5.12. The summed E-state index contributed by atoms with van der Waals surface area (Å²) >= 11 is 9.12. The molecule has 0 aliphatic heterocycles. The van der Waals surface area contributed by atoms with Gasteiger partial charge in [-0.25, -0.2) is 4.98 Å². The number of alkyl halides is 3. The summed E-state index contributed by atoms with van der Waals surface area (Å²) in [5, 5.41) is 2.95. The van der Waals surface area contributed by atoms with Crippen LogP contribution in [0.15, 0.2) is 41.0 Å². The smallest absolute Gasteiger partial charge is 0.338 e. The maximum Gasteiger partial charge on any atom is 0.416 e. The molecule has 1 aromatic carbocycles. The van der Waals surface area contributed by atoms with Crippen molar-refractivity contribution in [1.29, 1.82) is 0 Å². The number of pyridine rings is 1. The van der Waals surface area contributed by atoms with Crippen LogP contribution in [0.25, 0.3) is 0 Å². The number of rotatable bonds is 2. The molecule has 0 amide bonds. The predicted octanol–water partition coefficient (Wildman–Crippen LogP) is 5.26. The van der Waals surface area contributed by atoms with Crippen LogP contribution in [0.3, 0.4) is 0 Å². The molecule has 0 bridgehead atoms. The summed E-state index contributed by atoms with van der Waals surface area (Å²) in [6, 6.07) is 6.49. The van der Waals surface area contributed by atoms with Crippen molar-refractivity contribution in [2.45, 2.75) is 6.18 Å². The highest BCUT2D eigenvalue weighted by Crippen LogP contribution is 2.35. The van der Waals surface area contributed by atoms with Gasteiger partial charge in [0.1, 0.15) is 5.82 Å². The van der Waals surface area contributed by atoms with Crippen LogP contribution in [0, 0.1) is 0 Å². The summed E-state index contributed by atoms with van der Waals surface area (Å²) in [6.45, 7) is 0. The zero-order chi connectivity index (χ0) is 14.0. The molecule has 0 saturated carbocycles. The lowest BCUT2D eigenvalue weighted by Gasteiger charge is -2.12. The average Bonchev–Trinajstić information content (AvgIpc) is 2.33. The van der Waals surface area contributed by atoms with E-state index in [1.807, 2.05) is 0 Å².